The quantitative estimate of drug-likeness (QED) is 0.831. The van der Waals surface area contributed by atoms with Crippen LogP contribution in [-0.2, 0) is 6.18 Å². The van der Waals surface area contributed by atoms with E-state index in [9.17, 15) is 18.0 Å². The largest absolute Gasteiger partial charge is 0.425 e. The molecule has 0 aliphatic carbocycles. The monoisotopic (exact) mass is 398 g/mol. The fourth-order valence-electron chi connectivity index (χ4n) is 3.52. The number of thiophene rings is 1. The number of benzene rings is 1. The van der Waals surface area contributed by atoms with Gasteiger partial charge in [0.1, 0.15) is 4.88 Å². The summed E-state index contributed by atoms with van der Waals surface area (Å²) >= 11 is 2.00. The number of nitrogens with one attached hydrogen (secondary N) is 1. The van der Waals surface area contributed by atoms with Crippen LogP contribution in [0.15, 0.2) is 45.5 Å². The first-order valence-electron chi connectivity index (χ1n) is 8.37. The van der Waals surface area contributed by atoms with Crippen molar-refractivity contribution in [1.82, 2.24) is 10.2 Å². The van der Waals surface area contributed by atoms with Gasteiger partial charge < -0.3 is 10.2 Å². The van der Waals surface area contributed by atoms with Crippen LogP contribution in [-0.4, -0.2) is 36.5 Å². The van der Waals surface area contributed by atoms with Crippen molar-refractivity contribution in [2.24, 2.45) is 5.92 Å². The summed E-state index contributed by atoms with van der Waals surface area (Å²) in [6, 6.07) is 9.79. The molecule has 138 valence electrons. The Balaban J connectivity index is 1.37. The van der Waals surface area contributed by atoms with E-state index in [1.807, 2.05) is 0 Å². The molecule has 0 radical (unpaired) electrons. The Morgan fingerprint density at radius 3 is 2.50 bits per heavy atom. The molecule has 8 heteroatoms. The molecule has 3 nitrogen and oxygen atoms in total. The van der Waals surface area contributed by atoms with E-state index in [-0.39, 0.29) is 11.9 Å². The van der Waals surface area contributed by atoms with Crippen molar-refractivity contribution in [3.63, 3.8) is 0 Å². The molecule has 1 amide bonds. The Bertz CT molecular complexity index is 804. The van der Waals surface area contributed by atoms with Gasteiger partial charge in [-0.3, -0.25) is 4.79 Å². The summed E-state index contributed by atoms with van der Waals surface area (Å²) in [7, 11) is 0. The zero-order valence-corrected chi connectivity index (χ0v) is 15.4. The molecular weight excluding hydrogens is 381 g/mol. The molecule has 0 saturated carbocycles. The number of fused-ring (bicyclic) bond motifs is 2. The summed E-state index contributed by atoms with van der Waals surface area (Å²) in [6.07, 6.45) is -3.16. The van der Waals surface area contributed by atoms with Gasteiger partial charge in [-0.15, -0.1) is 11.3 Å². The highest BCUT2D eigenvalue weighted by atomic mass is 32.2. The summed E-state index contributed by atoms with van der Waals surface area (Å²) < 4.78 is 38.5. The van der Waals surface area contributed by atoms with Crippen LogP contribution in [0.5, 0.6) is 0 Å². The average molecular weight is 398 g/mol. The summed E-state index contributed by atoms with van der Waals surface area (Å²) in [5, 5.41) is 3.11. The van der Waals surface area contributed by atoms with Gasteiger partial charge in [-0.25, -0.2) is 0 Å². The van der Waals surface area contributed by atoms with Crippen molar-refractivity contribution >= 4 is 29.0 Å². The Hall–Kier alpha value is -1.51. The molecule has 3 unspecified atom stereocenters. The van der Waals surface area contributed by atoms with Crippen LogP contribution in [0.25, 0.3) is 0 Å². The molecule has 4 rings (SSSR count). The standard InChI is InChI=1S/C18H17F3N2OS2/c19-18(20,21)15-5-6-16(26-15)25-13-3-1-11(2-4-13)17(24)22-14-10-23-8-7-12(14)9-23/h1-6,12,14H,7-10H2,(H,22,24). The topological polar surface area (TPSA) is 32.3 Å². The SMILES string of the molecule is O=C(NC1CN2CCC1C2)c1ccc(Sc2ccc(C(F)(F)F)s2)cc1. The van der Waals surface area contributed by atoms with Crippen molar-refractivity contribution in [2.75, 3.05) is 19.6 Å². The van der Waals surface area contributed by atoms with Crippen LogP contribution in [0.3, 0.4) is 0 Å². The van der Waals surface area contributed by atoms with Gasteiger partial charge in [-0.1, -0.05) is 11.8 Å². The lowest BCUT2D eigenvalue weighted by Crippen LogP contribution is -2.43. The zero-order valence-electron chi connectivity index (χ0n) is 13.8. The van der Waals surface area contributed by atoms with Crippen LogP contribution < -0.4 is 5.32 Å². The molecule has 1 N–H and O–H groups in total. The number of carbonyl (C=O) groups excluding carboxylic acids is 1. The number of hydrogen-bond donors (Lipinski definition) is 1. The summed E-state index contributed by atoms with van der Waals surface area (Å²) in [6.45, 7) is 3.12. The number of hydrogen-bond acceptors (Lipinski definition) is 4. The van der Waals surface area contributed by atoms with Crippen molar-refractivity contribution in [3.05, 3.63) is 46.8 Å². The van der Waals surface area contributed by atoms with Gasteiger partial charge in [-0.2, -0.15) is 13.2 Å². The third kappa shape index (κ3) is 3.77. The van der Waals surface area contributed by atoms with Gasteiger partial charge in [0, 0.05) is 29.6 Å². The lowest BCUT2D eigenvalue weighted by molar-refractivity contribution is -0.134. The van der Waals surface area contributed by atoms with Crippen molar-refractivity contribution < 1.29 is 18.0 Å². The highest BCUT2D eigenvalue weighted by Crippen LogP contribution is 2.40. The van der Waals surface area contributed by atoms with Crippen LogP contribution >= 0.6 is 23.1 Å². The zero-order chi connectivity index (χ0) is 18.3. The highest BCUT2D eigenvalue weighted by molar-refractivity contribution is 8.01. The van der Waals surface area contributed by atoms with E-state index in [0.717, 1.165) is 48.4 Å². The normalized spacial score (nSPS) is 24.8. The van der Waals surface area contributed by atoms with Gasteiger partial charge in [0.15, 0.2) is 0 Å². The van der Waals surface area contributed by atoms with Crippen molar-refractivity contribution in [3.8, 4) is 0 Å². The molecule has 26 heavy (non-hydrogen) atoms. The van der Waals surface area contributed by atoms with Crippen molar-refractivity contribution in [1.29, 1.82) is 0 Å². The first kappa shape index (κ1) is 17.9. The van der Waals surface area contributed by atoms with E-state index < -0.39 is 11.1 Å². The van der Waals surface area contributed by atoms with Gasteiger partial charge in [-0.05, 0) is 55.3 Å². The minimum Gasteiger partial charge on any atom is -0.348 e. The van der Waals surface area contributed by atoms with Gasteiger partial charge in [0.05, 0.1) is 4.21 Å². The Morgan fingerprint density at radius 1 is 1.15 bits per heavy atom. The number of carbonyl (C=O) groups is 1. The summed E-state index contributed by atoms with van der Waals surface area (Å²) in [5.41, 5.74) is 0.578. The number of nitrogens with zero attached hydrogens (tertiary/aromatic N) is 1. The molecule has 2 bridgehead atoms. The minimum absolute atomic E-state index is 0.0872. The molecule has 2 aliphatic heterocycles. The Morgan fingerprint density at radius 2 is 1.92 bits per heavy atom. The Kier molecular flexibility index (Phi) is 4.75. The maximum atomic E-state index is 12.7. The van der Waals surface area contributed by atoms with Crippen LogP contribution in [0, 0.1) is 5.92 Å². The summed E-state index contributed by atoms with van der Waals surface area (Å²) in [5.74, 6) is 0.464. The van der Waals surface area contributed by atoms with E-state index in [0.29, 0.717) is 15.7 Å². The lowest BCUT2D eigenvalue weighted by Gasteiger charge is -2.23. The Labute approximate surface area is 157 Å². The van der Waals surface area contributed by atoms with E-state index in [4.69, 9.17) is 0 Å². The van der Waals surface area contributed by atoms with Crippen LogP contribution in [0.2, 0.25) is 0 Å². The molecule has 3 atom stereocenters. The van der Waals surface area contributed by atoms with E-state index >= 15 is 0 Å². The summed E-state index contributed by atoms with van der Waals surface area (Å²) in [4.78, 5) is 15.0. The molecule has 2 aliphatic rings. The molecule has 1 aromatic carbocycles. The first-order chi connectivity index (χ1) is 12.4. The third-order valence-corrected chi connectivity index (χ3v) is 7.11. The van der Waals surface area contributed by atoms with Crippen molar-refractivity contribution in [2.45, 2.75) is 27.7 Å². The molecule has 2 saturated heterocycles. The van der Waals surface area contributed by atoms with Gasteiger partial charge >= 0.3 is 6.18 Å². The number of piperidine rings is 1. The highest BCUT2D eigenvalue weighted by Gasteiger charge is 2.38. The maximum absolute atomic E-state index is 12.7. The molecule has 1 aromatic heterocycles. The lowest BCUT2D eigenvalue weighted by atomic mass is 9.99. The van der Waals surface area contributed by atoms with Gasteiger partial charge in [0.25, 0.3) is 5.91 Å². The first-order valence-corrected chi connectivity index (χ1v) is 10.00. The maximum Gasteiger partial charge on any atom is 0.425 e. The smallest absolute Gasteiger partial charge is 0.348 e. The third-order valence-electron chi connectivity index (χ3n) is 4.84. The fourth-order valence-corrected chi connectivity index (χ4v) is 5.49. The second-order valence-electron chi connectivity index (χ2n) is 6.63. The minimum atomic E-state index is -4.30. The van der Waals surface area contributed by atoms with E-state index in [1.165, 1.54) is 17.8 Å². The predicted molar refractivity (Wildman–Crippen MR) is 95.7 cm³/mol. The fraction of sp³-hybridized carbons (Fsp3) is 0.389. The average Bonchev–Trinajstić information content (AvgIpc) is 3.31. The predicted octanol–water partition coefficient (Wildman–Crippen LogP) is 4.35. The molecule has 3 heterocycles. The van der Waals surface area contributed by atoms with E-state index in [1.54, 1.807) is 24.3 Å². The number of rotatable bonds is 4. The molecule has 2 fully saturated rings. The van der Waals surface area contributed by atoms with E-state index in [2.05, 4.69) is 10.2 Å². The van der Waals surface area contributed by atoms with Gasteiger partial charge in [0.2, 0.25) is 0 Å². The molecular formula is C18H17F3N2OS2. The number of amides is 1. The number of halogens is 3. The number of alkyl halides is 3. The molecule has 2 aromatic rings. The van der Waals surface area contributed by atoms with Crippen LogP contribution in [0.4, 0.5) is 13.2 Å². The second-order valence-corrected chi connectivity index (χ2v) is 9.09. The molecule has 0 spiro atoms. The van der Waals surface area contributed by atoms with Crippen LogP contribution in [0.1, 0.15) is 21.7 Å². The second kappa shape index (κ2) is 6.90.